The second-order valence-electron chi connectivity index (χ2n) is 3.90. The van der Waals surface area contributed by atoms with E-state index in [1.54, 1.807) is 13.8 Å². The van der Waals surface area contributed by atoms with Gasteiger partial charge in [0.2, 0.25) is 0 Å². The van der Waals surface area contributed by atoms with Crippen LogP contribution in [-0.4, -0.2) is 18.6 Å². The molecule has 16 heavy (non-hydrogen) atoms. The van der Waals surface area contributed by atoms with Gasteiger partial charge in [0.1, 0.15) is 11.4 Å². The van der Waals surface area contributed by atoms with Crippen LogP contribution in [0.3, 0.4) is 0 Å². The summed E-state index contributed by atoms with van der Waals surface area (Å²) in [5, 5.41) is 2.57. The van der Waals surface area contributed by atoms with Crippen LogP contribution < -0.4 is 11.1 Å². The minimum atomic E-state index is -0.958. The third-order valence-electron chi connectivity index (χ3n) is 2.32. The minimum Gasteiger partial charge on any atom is -0.397 e. The molecular weight excluding hydrogens is 211 g/mol. The molecule has 0 fully saturated rings. The van der Waals surface area contributed by atoms with Crippen molar-refractivity contribution in [1.29, 1.82) is 0 Å². The fraction of sp³-hybridized carbons (Fsp3) is 0.364. The van der Waals surface area contributed by atoms with Crippen molar-refractivity contribution in [3.05, 3.63) is 24.0 Å². The number of hydrogen-bond acceptors (Lipinski definition) is 3. The lowest BCUT2D eigenvalue weighted by molar-refractivity contribution is -0.133. The van der Waals surface area contributed by atoms with E-state index in [0.29, 0.717) is 5.69 Å². The van der Waals surface area contributed by atoms with Gasteiger partial charge in [0.25, 0.3) is 5.91 Å². The third kappa shape index (κ3) is 2.70. The molecule has 0 heterocycles. The Morgan fingerprint density at radius 2 is 2.12 bits per heavy atom. The highest BCUT2D eigenvalue weighted by Crippen LogP contribution is 2.21. The van der Waals surface area contributed by atoms with E-state index in [4.69, 9.17) is 10.5 Å². The van der Waals surface area contributed by atoms with E-state index in [9.17, 15) is 9.18 Å². The number of rotatable bonds is 3. The van der Waals surface area contributed by atoms with Crippen LogP contribution in [0.25, 0.3) is 0 Å². The fourth-order valence-corrected chi connectivity index (χ4v) is 1.01. The van der Waals surface area contributed by atoms with Crippen molar-refractivity contribution in [3.63, 3.8) is 0 Å². The summed E-state index contributed by atoms with van der Waals surface area (Å²) >= 11 is 0. The molecule has 0 aliphatic rings. The number of ether oxygens (including phenoxy) is 1. The Balaban J connectivity index is 2.85. The van der Waals surface area contributed by atoms with Crippen molar-refractivity contribution in [3.8, 4) is 0 Å². The molecule has 0 aliphatic heterocycles. The summed E-state index contributed by atoms with van der Waals surface area (Å²) in [6, 6.07) is 3.79. The lowest BCUT2D eigenvalue weighted by Crippen LogP contribution is -2.38. The van der Waals surface area contributed by atoms with Gasteiger partial charge in [0.15, 0.2) is 0 Å². The highest BCUT2D eigenvalue weighted by molar-refractivity contribution is 5.98. The molecule has 1 aromatic carbocycles. The number of nitrogens with one attached hydrogen (secondary N) is 1. The maximum Gasteiger partial charge on any atom is 0.256 e. The van der Waals surface area contributed by atoms with Gasteiger partial charge in [0.05, 0.1) is 11.4 Å². The number of nitrogens with two attached hydrogens (primary N) is 1. The Morgan fingerprint density at radius 3 is 2.62 bits per heavy atom. The molecule has 0 unspecified atom stereocenters. The van der Waals surface area contributed by atoms with E-state index in [-0.39, 0.29) is 11.6 Å². The number of anilines is 2. The molecule has 1 rings (SSSR count). The molecule has 0 radical (unpaired) electrons. The van der Waals surface area contributed by atoms with Gasteiger partial charge >= 0.3 is 0 Å². The van der Waals surface area contributed by atoms with E-state index in [1.165, 1.54) is 19.2 Å². The monoisotopic (exact) mass is 226 g/mol. The van der Waals surface area contributed by atoms with Crippen molar-refractivity contribution >= 4 is 17.3 Å². The predicted octanol–water partition coefficient (Wildman–Crippen LogP) is 1.77. The molecule has 0 bridgehead atoms. The normalized spacial score (nSPS) is 11.2. The summed E-state index contributed by atoms with van der Waals surface area (Å²) in [4.78, 5) is 11.7. The van der Waals surface area contributed by atoms with Gasteiger partial charge in [-0.15, -0.1) is 0 Å². The van der Waals surface area contributed by atoms with Crippen LogP contribution in [0.1, 0.15) is 13.8 Å². The smallest absolute Gasteiger partial charge is 0.256 e. The van der Waals surface area contributed by atoms with Crippen molar-refractivity contribution < 1.29 is 13.9 Å². The fourth-order valence-electron chi connectivity index (χ4n) is 1.01. The summed E-state index contributed by atoms with van der Waals surface area (Å²) in [6.45, 7) is 3.25. The summed E-state index contributed by atoms with van der Waals surface area (Å²) < 4.78 is 17.8. The standard InChI is InChI=1S/C11H15FN2O2/c1-11(2,16-3)10(15)14-9-5-4-7(12)6-8(9)13/h4-6H,13H2,1-3H3,(H,14,15). The van der Waals surface area contributed by atoms with Gasteiger partial charge in [0, 0.05) is 7.11 Å². The Kier molecular flexibility index (Phi) is 3.49. The maximum absolute atomic E-state index is 12.8. The SMILES string of the molecule is COC(C)(C)C(=O)Nc1ccc(F)cc1N. The maximum atomic E-state index is 12.8. The molecule has 5 heteroatoms. The Hall–Kier alpha value is -1.62. The van der Waals surface area contributed by atoms with Gasteiger partial charge < -0.3 is 15.8 Å². The molecule has 1 aromatic rings. The molecule has 0 spiro atoms. The number of carbonyl (C=O) groups is 1. The molecule has 88 valence electrons. The first-order valence-corrected chi connectivity index (χ1v) is 4.78. The average molecular weight is 226 g/mol. The second kappa shape index (κ2) is 4.49. The van der Waals surface area contributed by atoms with Crippen molar-refractivity contribution in [2.75, 3.05) is 18.2 Å². The summed E-state index contributed by atoms with van der Waals surface area (Å²) in [5.74, 6) is -0.783. The molecule has 0 saturated carbocycles. The Morgan fingerprint density at radius 1 is 1.50 bits per heavy atom. The number of amides is 1. The zero-order chi connectivity index (χ0) is 12.3. The first-order valence-electron chi connectivity index (χ1n) is 4.78. The lowest BCUT2D eigenvalue weighted by atomic mass is 10.1. The van der Waals surface area contributed by atoms with Crippen molar-refractivity contribution in [2.45, 2.75) is 19.4 Å². The van der Waals surface area contributed by atoms with E-state index in [1.807, 2.05) is 0 Å². The predicted molar refractivity (Wildman–Crippen MR) is 60.5 cm³/mol. The molecule has 3 N–H and O–H groups in total. The average Bonchev–Trinajstić information content (AvgIpc) is 2.22. The van der Waals surface area contributed by atoms with Crippen LogP contribution in [0.4, 0.5) is 15.8 Å². The molecule has 1 amide bonds. The lowest BCUT2D eigenvalue weighted by Gasteiger charge is -2.22. The van der Waals surface area contributed by atoms with Crippen LogP contribution in [0.5, 0.6) is 0 Å². The van der Waals surface area contributed by atoms with Gasteiger partial charge in [-0.05, 0) is 32.0 Å². The van der Waals surface area contributed by atoms with Crippen molar-refractivity contribution in [1.82, 2.24) is 0 Å². The first kappa shape index (κ1) is 12.4. The third-order valence-corrected chi connectivity index (χ3v) is 2.32. The largest absolute Gasteiger partial charge is 0.397 e. The van der Waals surface area contributed by atoms with E-state index in [0.717, 1.165) is 6.07 Å². The second-order valence-corrected chi connectivity index (χ2v) is 3.90. The van der Waals surface area contributed by atoms with Gasteiger partial charge in [-0.3, -0.25) is 4.79 Å². The number of nitrogen functional groups attached to an aromatic ring is 1. The van der Waals surface area contributed by atoms with Gasteiger partial charge in [-0.25, -0.2) is 4.39 Å². The molecule has 4 nitrogen and oxygen atoms in total. The Bertz CT molecular complexity index is 405. The summed E-state index contributed by atoms with van der Waals surface area (Å²) in [7, 11) is 1.44. The molecule has 0 atom stereocenters. The number of halogens is 1. The van der Waals surface area contributed by atoms with E-state index >= 15 is 0 Å². The molecule has 0 aliphatic carbocycles. The summed E-state index contributed by atoms with van der Waals surface area (Å²) in [5.41, 5.74) is 5.15. The topological polar surface area (TPSA) is 64.3 Å². The number of hydrogen-bond donors (Lipinski definition) is 2. The molecule has 0 aromatic heterocycles. The number of benzene rings is 1. The van der Waals surface area contributed by atoms with E-state index in [2.05, 4.69) is 5.32 Å². The first-order chi connectivity index (χ1) is 7.36. The van der Waals surface area contributed by atoms with Crippen LogP contribution in [0, 0.1) is 5.82 Å². The Labute approximate surface area is 93.6 Å². The zero-order valence-corrected chi connectivity index (χ0v) is 9.50. The zero-order valence-electron chi connectivity index (χ0n) is 9.50. The number of carbonyl (C=O) groups excluding carboxylic acids is 1. The minimum absolute atomic E-state index is 0.181. The van der Waals surface area contributed by atoms with Crippen LogP contribution in [0.2, 0.25) is 0 Å². The van der Waals surface area contributed by atoms with Crippen LogP contribution in [-0.2, 0) is 9.53 Å². The summed E-state index contributed by atoms with van der Waals surface area (Å²) in [6.07, 6.45) is 0. The van der Waals surface area contributed by atoms with Crippen LogP contribution >= 0.6 is 0 Å². The van der Waals surface area contributed by atoms with Gasteiger partial charge in [-0.1, -0.05) is 0 Å². The van der Waals surface area contributed by atoms with E-state index < -0.39 is 11.4 Å². The van der Waals surface area contributed by atoms with Gasteiger partial charge in [-0.2, -0.15) is 0 Å². The quantitative estimate of drug-likeness (QED) is 0.772. The molecule has 0 saturated heterocycles. The molecular formula is C11H15FN2O2. The highest BCUT2D eigenvalue weighted by Gasteiger charge is 2.27. The number of methoxy groups -OCH3 is 1. The van der Waals surface area contributed by atoms with Crippen LogP contribution in [0.15, 0.2) is 18.2 Å². The highest BCUT2D eigenvalue weighted by atomic mass is 19.1. The van der Waals surface area contributed by atoms with Crippen molar-refractivity contribution in [2.24, 2.45) is 0 Å².